The van der Waals surface area contributed by atoms with Gasteiger partial charge in [-0.25, -0.2) is 0 Å². The molecule has 0 N–H and O–H groups in total. The van der Waals surface area contributed by atoms with E-state index in [2.05, 4.69) is 0 Å². The van der Waals surface area contributed by atoms with Gasteiger partial charge in [-0.3, -0.25) is 9.59 Å². The van der Waals surface area contributed by atoms with Gasteiger partial charge in [-0.2, -0.15) is 0 Å². The summed E-state index contributed by atoms with van der Waals surface area (Å²) in [5, 5.41) is 0. The van der Waals surface area contributed by atoms with E-state index in [1.807, 2.05) is 19.1 Å². The lowest BCUT2D eigenvalue weighted by molar-refractivity contribution is -0.127. The van der Waals surface area contributed by atoms with E-state index >= 15 is 0 Å². The van der Waals surface area contributed by atoms with Crippen molar-refractivity contribution >= 4 is 11.8 Å². The Morgan fingerprint density at radius 1 is 0.920 bits per heavy atom. The van der Waals surface area contributed by atoms with Crippen LogP contribution in [0.25, 0.3) is 0 Å². The second-order valence-corrected chi connectivity index (χ2v) is 5.60. The number of amides is 2. The van der Waals surface area contributed by atoms with Gasteiger partial charge >= 0.3 is 0 Å². The second kappa shape index (κ2) is 8.92. The second-order valence-electron chi connectivity index (χ2n) is 5.60. The van der Waals surface area contributed by atoms with E-state index in [1.165, 1.54) is 0 Å². The molecule has 134 valence electrons. The molecule has 2 rings (SSSR count). The molecule has 1 heterocycles. The van der Waals surface area contributed by atoms with E-state index in [4.69, 9.17) is 9.47 Å². The molecule has 0 aliphatic carbocycles. The SMILES string of the molecule is C/C=C/C=C/C(=O)N1CCN(C(=O)c2cc(OC)cc(OC)c2)CC1. The van der Waals surface area contributed by atoms with Crippen molar-refractivity contribution < 1.29 is 19.1 Å². The zero-order chi connectivity index (χ0) is 18.2. The molecule has 0 bridgehead atoms. The molecule has 0 spiro atoms. The van der Waals surface area contributed by atoms with Crippen LogP contribution in [0.15, 0.2) is 42.5 Å². The molecule has 0 radical (unpaired) electrons. The van der Waals surface area contributed by atoms with Crippen molar-refractivity contribution in [2.45, 2.75) is 6.92 Å². The highest BCUT2D eigenvalue weighted by atomic mass is 16.5. The number of hydrogen-bond donors (Lipinski definition) is 0. The summed E-state index contributed by atoms with van der Waals surface area (Å²) < 4.78 is 10.4. The fraction of sp³-hybridized carbons (Fsp3) is 0.368. The molecule has 1 aromatic carbocycles. The van der Waals surface area contributed by atoms with E-state index in [-0.39, 0.29) is 11.8 Å². The Morgan fingerprint density at radius 2 is 1.48 bits per heavy atom. The smallest absolute Gasteiger partial charge is 0.254 e. The first-order chi connectivity index (χ1) is 12.1. The average molecular weight is 344 g/mol. The van der Waals surface area contributed by atoms with Crippen LogP contribution in [-0.2, 0) is 4.79 Å². The molecule has 0 aromatic heterocycles. The van der Waals surface area contributed by atoms with Gasteiger partial charge in [-0.15, -0.1) is 0 Å². The number of carbonyl (C=O) groups excluding carboxylic acids is 2. The minimum Gasteiger partial charge on any atom is -0.497 e. The fourth-order valence-electron chi connectivity index (χ4n) is 2.60. The van der Waals surface area contributed by atoms with Crippen molar-refractivity contribution in [3.63, 3.8) is 0 Å². The summed E-state index contributed by atoms with van der Waals surface area (Å²) in [6.45, 7) is 3.94. The van der Waals surface area contributed by atoms with Gasteiger partial charge in [0, 0.05) is 43.9 Å². The van der Waals surface area contributed by atoms with Crippen LogP contribution in [0.3, 0.4) is 0 Å². The predicted molar refractivity (Wildman–Crippen MR) is 96.0 cm³/mol. The number of methoxy groups -OCH3 is 2. The lowest BCUT2D eigenvalue weighted by Crippen LogP contribution is -2.50. The lowest BCUT2D eigenvalue weighted by Gasteiger charge is -2.34. The van der Waals surface area contributed by atoms with Crippen LogP contribution in [0.2, 0.25) is 0 Å². The van der Waals surface area contributed by atoms with Crippen molar-refractivity contribution in [2.75, 3.05) is 40.4 Å². The minimum absolute atomic E-state index is 0.0340. The zero-order valence-corrected chi connectivity index (χ0v) is 14.9. The molecule has 6 heteroatoms. The Bertz CT molecular complexity index is 652. The van der Waals surface area contributed by atoms with Gasteiger partial charge < -0.3 is 19.3 Å². The van der Waals surface area contributed by atoms with E-state index in [0.717, 1.165) is 0 Å². The zero-order valence-electron chi connectivity index (χ0n) is 14.9. The molecule has 1 aromatic rings. The number of benzene rings is 1. The van der Waals surface area contributed by atoms with Crippen LogP contribution in [-0.4, -0.2) is 62.0 Å². The number of hydrogen-bond acceptors (Lipinski definition) is 4. The van der Waals surface area contributed by atoms with Crippen LogP contribution < -0.4 is 9.47 Å². The van der Waals surface area contributed by atoms with Gasteiger partial charge in [0.1, 0.15) is 11.5 Å². The van der Waals surface area contributed by atoms with Crippen molar-refractivity contribution in [1.82, 2.24) is 9.80 Å². The first kappa shape index (κ1) is 18.6. The summed E-state index contributed by atoms with van der Waals surface area (Å²) in [5.74, 6) is 1.03. The maximum atomic E-state index is 12.7. The average Bonchev–Trinajstić information content (AvgIpc) is 2.67. The van der Waals surface area contributed by atoms with Gasteiger partial charge in [0.2, 0.25) is 5.91 Å². The molecule has 1 aliphatic rings. The quantitative estimate of drug-likeness (QED) is 0.606. The Kier molecular flexibility index (Phi) is 6.62. The highest BCUT2D eigenvalue weighted by Gasteiger charge is 2.24. The molecule has 0 unspecified atom stereocenters. The maximum Gasteiger partial charge on any atom is 0.254 e. The Morgan fingerprint density at radius 3 is 2.00 bits per heavy atom. The molecule has 25 heavy (non-hydrogen) atoms. The largest absolute Gasteiger partial charge is 0.497 e. The summed E-state index contributed by atoms with van der Waals surface area (Å²) in [6, 6.07) is 5.12. The summed E-state index contributed by atoms with van der Waals surface area (Å²) in [7, 11) is 3.10. The molecule has 2 amide bonds. The van der Waals surface area contributed by atoms with Gasteiger partial charge in [0.25, 0.3) is 5.91 Å². The summed E-state index contributed by atoms with van der Waals surface area (Å²) in [4.78, 5) is 28.3. The Labute approximate surface area is 148 Å². The standard InChI is InChI=1S/C19H24N2O4/c1-4-5-6-7-18(22)20-8-10-21(11-9-20)19(23)15-12-16(24-2)14-17(13-15)25-3/h4-7,12-14H,8-11H2,1-3H3/b5-4+,7-6+. The molecular weight excluding hydrogens is 320 g/mol. The summed E-state index contributed by atoms with van der Waals surface area (Å²) in [5.41, 5.74) is 0.518. The lowest BCUT2D eigenvalue weighted by atomic mass is 10.1. The molecule has 1 aliphatic heterocycles. The number of allylic oxidation sites excluding steroid dienone is 3. The monoisotopic (exact) mass is 344 g/mol. The van der Waals surface area contributed by atoms with Gasteiger partial charge in [0.15, 0.2) is 0 Å². The molecule has 1 saturated heterocycles. The van der Waals surface area contributed by atoms with Gasteiger partial charge in [-0.05, 0) is 19.1 Å². The molecular formula is C19H24N2O4. The highest BCUT2D eigenvalue weighted by molar-refractivity contribution is 5.95. The number of carbonyl (C=O) groups is 2. The van der Waals surface area contributed by atoms with Gasteiger partial charge in [-0.1, -0.05) is 18.2 Å². The first-order valence-electron chi connectivity index (χ1n) is 8.19. The van der Waals surface area contributed by atoms with E-state index in [0.29, 0.717) is 43.2 Å². The molecule has 0 saturated carbocycles. The van der Waals surface area contributed by atoms with Crippen LogP contribution in [0.5, 0.6) is 11.5 Å². The molecule has 0 atom stereocenters. The maximum absolute atomic E-state index is 12.7. The number of rotatable bonds is 5. The fourth-order valence-corrected chi connectivity index (χ4v) is 2.60. The number of ether oxygens (including phenoxy) is 2. The normalized spacial score (nSPS) is 15.0. The van der Waals surface area contributed by atoms with Crippen molar-refractivity contribution in [1.29, 1.82) is 0 Å². The summed E-state index contributed by atoms with van der Waals surface area (Å²) in [6.07, 6.45) is 6.95. The molecule has 1 fully saturated rings. The van der Waals surface area contributed by atoms with Crippen LogP contribution in [0, 0.1) is 0 Å². The van der Waals surface area contributed by atoms with Crippen molar-refractivity contribution in [3.05, 3.63) is 48.1 Å². The third-order valence-electron chi connectivity index (χ3n) is 4.02. The third kappa shape index (κ3) is 4.86. The van der Waals surface area contributed by atoms with E-state index in [9.17, 15) is 9.59 Å². The molecule has 6 nitrogen and oxygen atoms in total. The first-order valence-corrected chi connectivity index (χ1v) is 8.19. The topological polar surface area (TPSA) is 59.1 Å². The van der Waals surface area contributed by atoms with Crippen LogP contribution >= 0.6 is 0 Å². The van der Waals surface area contributed by atoms with Crippen LogP contribution in [0.1, 0.15) is 17.3 Å². The third-order valence-corrected chi connectivity index (χ3v) is 4.02. The Hall–Kier alpha value is -2.76. The van der Waals surface area contributed by atoms with E-state index in [1.54, 1.807) is 54.4 Å². The number of piperazine rings is 1. The Balaban J connectivity index is 2.00. The minimum atomic E-state index is -0.0891. The number of nitrogens with zero attached hydrogens (tertiary/aromatic N) is 2. The van der Waals surface area contributed by atoms with Gasteiger partial charge in [0.05, 0.1) is 14.2 Å². The highest BCUT2D eigenvalue weighted by Crippen LogP contribution is 2.23. The summed E-state index contributed by atoms with van der Waals surface area (Å²) >= 11 is 0. The van der Waals surface area contributed by atoms with Crippen molar-refractivity contribution in [2.24, 2.45) is 0 Å². The van der Waals surface area contributed by atoms with Crippen molar-refractivity contribution in [3.8, 4) is 11.5 Å². The van der Waals surface area contributed by atoms with Crippen LogP contribution in [0.4, 0.5) is 0 Å². The predicted octanol–water partition coefficient (Wildman–Crippen LogP) is 2.12. The van der Waals surface area contributed by atoms with E-state index < -0.39 is 0 Å².